The number of benzene rings is 1. The fourth-order valence-corrected chi connectivity index (χ4v) is 0.966. The SMILES string of the molecule is Cc1c(F)c(O)c(F)c(Cl)c1F. The van der Waals surface area contributed by atoms with Crippen LogP contribution in [0.3, 0.4) is 0 Å². The first kappa shape index (κ1) is 9.19. The predicted octanol–water partition coefficient (Wildman–Crippen LogP) is 2.77. The standard InChI is InChI=1S/C7H4ClF3O/c1-2-4(9)3(8)6(11)7(12)5(2)10/h12H,1H3. The summed E-state index contributed by atoms with van der Waals surface area (Å²) >= 11 is 5.08. The van der Waals surface area contributed by atoms with Crippen LogP contribution >= 0.6 is 11.6 Å². The molecule has 0 fully saturated rings. The molecule has 1 nitrogen and oxygen atoms in total. The summed E-state index contributed by atoms with van der Waals surface area (Å²) in [6.07, 6.45) is 0. The zero-order chi connectivity index (χ0) is 9.46. The van der Waals surface area contributed by atoms with E-state index in [-0.39, 0.29) is 0 Å². The minimum Gasteiger partial charge on any atom is -0.503 e. The summed E-state index contributed by atoms with van der Waals surface area (Å²) in [6, 6.07) is 0. The molecule has 0 unspecified atom stereocenters. The van der Waals surface area contributed by atoms with Gasteiger partial charge < -0.3 is 5.11 Å². The smallest absolute Gasteiger partial charge is 0.189 e. The van der Waals surface area contributed by atoms with Gasteiger partial charge in [0, 0.05) is 5.56 Å². The summed E-state index contributed by atoms with van der Waals surface area (Å²) in [4.78, 5) is 0. The second-order valence-electron chi connectivity index (χ2n) is 2.23. The molecule has 66 valence electrons. The Labute approximate surface area is 71.4 Å². The third-order valence-corrected chi connectivity index (χ3v) is 1.79. The fraction of sp³-hybridized carbons (Fsp3) is 0.143. The first-order valence-corrected chi connectivity index (χ1v) is 3.36. The lowest BCUT2D eigenvalue weighted by Crippen LogP contribution is -1.94. The van der Waals surface area contributed by atoms with Crippen LogP contribution in [0.1, 0.15) is 5.56 Å². The van der Waals surface area contributed by atoms with Gasteiger partial charge in [-0.15, -0.1) is 0 Å². The summed E-state index contributed by atoms with van der Waals surface area (Å²) in [5.74, 6) is -5.24. The van der Waals surface area contributed by atoms with E-state index in [9.17, 15) is 13.2 Å². The Balaban J connectivity index is 3.60. The van der Waals surface area contributed by atoms with E-state index < -0.39 is 33.8 Å². The third-order valence-electron chi connectivity index (χ3n) is 1.46. The van der Waals surface area contributed by atoms with Crippen LogP contribution in [0.4, 0.5) is 13.2 Å². The van der Waals surface area contributed by atoms with Gasteiger partial charge in [-0.3, -0.25) is 0 Å². The van der Waals surface area contributed by atoms with Crippen LogP contribution in [-0.2, 0) is 0 Å². The third kappa shape index (κ3) is 1.12. The molecule has 1 N–H and O–H groups in total. The predicted molar refractivity (Wildman–Crippen MR) is 37.7 cm³/mol. The topological polar surface area (TPSA) is 20.2 Å². The van der Waals surface area contributed by atoms with E-state index in [0.29, 0.717) is 0 Å². The minimum atomic E-state index is -1.47. The highest BCUT2D eigenvalue weighted by atomic mass is 35.5. The van der Waals surface area contributed by atoms with E-state index in [2.05, 4.69) is 0 Å². The van der Waals surface area contributed by atoms with Crippen molar-refractivity contribution in [3.8, 4) is 5.75 Å². The Hall–Kier alpha value is -0.900. The van der Waals surface area contributed by atoms with Gasteiger partial charge in [0.1, 0.15) is 5.02 Å². The van der Waals surface area contributed by atoms with Gasteiger partial charge in [-0.05, 0) is 6.92 Å². The van der Waals surface area contributed by atoms with Crippen molar-refractivity contribution < 1.29 is 18.3 Å². The molecule has 0 saturated heterocycles. The summed E-state index contributed by atoms with van der Waals surface area (Å²) in [6.45, 7) is 1.05. The van der Waals surface area contributed by atoms with E-state index in [0.717, 1.165) is 6.92 Å². The molecule has 0 heterocycles. The van der Waals surface area contributed by atoms with Gasteiger partial charge in [0.2, 0.25) is 0 Å². The molecule has 0 atom stereocenters. The van der Waals surface area contributed by atoms with Crippen LogP contribution in [0.15, 0.2) is 0 Å². The molecule has 0 aromatic heterocycles. The molecule has 0 aliphatic rings. The average Bonchev–Trinajstić information content (AvgIpc) is 2.08. The van der Waals surface area contributed by atoms with Crippen LogP contribution in [-0.4, -0.2) is 5.11 Å². The van der Waals surface area contributed by atoms with Gasteiger partial charge >= 0.3 is 0 Å². The lowest BCUT2D eigenvalue weighted by atomic mass is 10.2. The first-order chi connectivity index (χ1) is 5.46. The van der Waals surface area contributed by atoms with Crippen LogP contribution in [0, 0.1) is 24.4 Å². The molecule has 1 aromatic rings. The maximum atomic E-state index is 12.7. The molecular formula is C7H4ClF3O. The van der Waals surface area contributed by atoms with Crippen molar-refractivity contribution >= 4 is 11.6 Å². The highest BCUT2D eigenvalue weighted by Crippen LogP contribution is 2.32. The van der Waals surface area contributed by atoms with E-state index in [1.165, 1.54) is 0 Å². The lowest BCUT2D eigenvalue weighted by molar-refractivity contribution is 0.387. The normalized spacial score (nSPS) is 10.4. The zero-order valence-electron chi connectivity index (χ0n) is 5.96. The average molecular weight is 197 g/mol. The van der Waals surface area contributed by atoms with Gasteiger partial charge in [0.05, 0.1) is 0 Å². The van der Waals surface area contributed by atoms with Gasteiger partial charge in [-0.25, -0.2) is 13.2 Å². The molecule has 0 aliphatic heterocycles. The molecule has 5 heteroatoms. The molecule has 1 aromatic carbocycles. The second-order valence-corrected chi connectivity index (χ2v) is 2.61. The molecular weight excluding hydrogens is 193 g/mol. The number of hydrogen-bond acceptors (Lipinski definition) is 1. The first-order valence-electron chi connectivity index (χ1n) is 2.98. The van der Waals surface area contributed by atoms with Crippen molar-refractivity contribution in [3.63, 3.8) is 0 Å². The number of phenolic OH excluding ortho intramolecular Hbond substituents is 1. The zero-order valence-corrected chi connectivity index (χ0v) is 6.72. The van der Waals surface area contributed by atoms with E-state index in [4.69, 9.17) is 16.7 Å². The number of aromatic hydroxyl groups is 1. The van der Waals surface area contributed by atoms with Crippen LogP contribution in [0.2, 0.25) is 5.02 Å². The van der Waals surface area contributed by atoms with Crippen LogP contribution in [0.25, 0.3) is 0 Å². The molecule has 0 bridgehead atoms. The number of phenols is 1. The summed E-state index contributed by atoms with van der Waals surface area (Å²) in [5, 5.41) is 7.79. The Morgan fingerprint density at radius 2 is 1.58 bits per heavy atom. The Morgan fingerprint density at radius 1 is 1.08 bits per heavy atom. The summed E-state index contributed by atoms with van der Waals surface area (Å²) < 4.78 is 37.9. The molecule has 0 spiro atoms. The van der Waals surface area contributed by atoms with Crippen molar-refractivity contribution in [3.05, 3.63) is 28.0 Å². The van der Waals surface area contributed by atoms with Gasteiger partial charge in [-0.2, -0.15) is 0 Å². The van der Waals surface area contributed by atoms with Crippen molar-refractivity contribution in [1.29, 1.82) is 0 Å². The second kappa shape index (κ2) is 2.86. The van der Waals surface area contributed by atoms with Gasteiger partial charge in [-0.1, -0.05) is 11.6 Å². The maximum absolute atomic E-state index is 12.7. The van der Waals surface area contributed by atoms with E-state index >= 15 is 0 Å². The molecule has 0 radical (unpaired) electrons. The van der Waals surface area contributed by atoms with E-state index in [1.54, 1.807) is 0 Å². The molecule has 1 rings (SSSR count). The molecule has 0 amide bonds. The molecule has 12 heavy (non-hydrogen) atoms. The quantitative estimate of drug-likeness (QED) is 0.500. The Morgan fingerprint density at radius 3 is 2.08 bits per heavy atom. The lowest BCUT2D eigenvalue weighted by Gasteiger charge is -2.04. The Bertz CT molecular complexity index is 233. The highest BCUT2D eigenvalue weighted by Gasteiger charge is 2.20. The Kier molecular flexibility index (Phi) is 2.19. The summed E-state index contributed by atoms with van der Waals surface area (Å²) in [5.41, 5.74) is -0.501. The van der Waals surface area contributed by atoms with Gasteiger partial charge in [0.15, 0.2) is 23.2 Å². The fourth-order valence-electron chi connectivity index (χ4n) is 0.735. The van der Waals surface area contributed by atoms with Crippen molar-refractivity contribution in [2.75, 3.05) is 0 Å². The number of rotatable bonds is 0. The number of hydrogen-bond donors (Lipinski definition) is 1. The van der Waals surface area contributed by atoms with Crippen molar-refractivity contribution in [2.45, 2.75) is 6.92 Å². The molecule has 0 aliphatic carbocycles. The van der Waals surface area contributed by atoms with E-state index in [1.807, 2.05) is 0 Å². The largest absolute Gasteiger partial charge is 0.503 e. The van der Waals surface area contributed by atoms with Crippen molar-refractivity contribution in [1.82, 2.24) is 0 Å². The monoisotopic (exact) mass is 196 g/mol. The van der Waals surface area contributed by atoms with Gasteiger partial charge in [0.25, 0.3) is 0 Å². The van der Waals surface area contributed by atoms with Crippen LogP contribution < -0.4 is 0 Å². The maximum Gasteiger partial charge on any atom is 0.189 e. The highest BCUT2D eigenvalue weighted by molar-refractivity contribution is 6.31. The molecule has 0 saturated carbocycles. The number of halogens is 4. The van der Waals surface area contributed by atoms with Crippen molar-refractivity contribution in [2.24, 2.45) is 0 Å². The van der Waals surface area contributed by atoms with Crippen LogP contribution in [0.5, 0.6) is 5.75 Å². The minimum absolute atomic E-state index is 0.501. The summed E-state index contributed by atoms with van der Waals surface area (Å²) in [7, 11) is 0.